The molecular formula is C18H13BrN4O6. The Bertz CT molecular complexity index is 1070. The number of amides is 1. The summed E-state index contributed by atoms with van der Waals surface area (Å²) in [5.74, 6) is -0.930. The van der Waals surface area contributed by atoms with Crippen molar-refractivity contribution >= 4 is 33.5 Å². The summed E-state index contributed by atoms with van der Waals surface area (Å²) in [5.41, 5.74) is 0.561. The van der Waals surface area contributed by atoms with Gasteiger partial charge in [-0.1, -0.05) is 39.3 Å². The topological polar surface area (TPSA) is 137 Å². The normalized spacial score (nSPS) is 10.4. The molecule has 0 unspecified atom stereocenters. The molecule has 1 aromatic heterocycles. The summed E-state index contributed by atoms with van der Waals surface area (Å²) in [7, 11) is 0. The Morgan fingerprint density at radius 2 is 2.00 bits per heavy atom. The number of rotatable bonds is 7. The van der Waals surface area contributed by atoms with E-state index < -0.39 is 23.3 Å². The lowest BCUT2D eigenvalue weighted by molar-refractivity contribution is -0.384. The maximum absolute atomic E-state index is 12.0. The second-order valence-electron chi connectivity index (χ2n) is 5.67. The van der Waals surface area contributed by atoms with Gasteiger partial charge < -0.3 is 14.6 Å². The van der Waals surface area contributed by atoms with Crippen molar-refractivity contribution in [3.05, 3.63) is 74.6 Å². The van der Waals surface area contributed by atoms with E-state index in [1.165, 1.54) is 18.2 Å². The lowest BCUT2D eigenvalue weighted by Gasteiger charge is -2.05. The molecule has 0 atom stereocenters. The molecule has 0 spiro atoms. The summed E-state index contributed by atoms with van der Waals surface area (Å²) in [6.45, 7) is -0.680. The van der Waals surface area contributed by atoms with Crippen molar-refractivity contribution in [2.24, 2.45) is 0 Å². The molecule has 0 radical (unpaired) electrons. The van der Waals surface area contributed by atoms with E-state index in [2.05, 4.69) is 31.4 Å². The highest BCUT2D eigenvalue weighted by Crippen LogP contribution is 2.20. The van der Waals surface area contributed by atoms with Crippen LogP contribution >= 0.6 is 15.9 Å². The Hall–Kier alpha value is -3.60. The highest BCUT2D eigenvalue weighted by Gasteiger charge is 2.14. The number of ether oxygens (including phenoxy) is 1. The first-order valence-corrected chi connectivity index (χ1v) is 8.98. The standard InChI is InChI=1S/C18H13BrN4O6/c19-13-5-1-3-11(7-13)17-21-15(29-22-17)10-28-16(24)9-20-18(25)12-4-2-6-14(8-12)23(26)27/h1-8H,9-10H2,(H,20,25). The number of nitrogens with zero attached hydrogens (tertiary/aromatic N) is 3. The second-order valence-corrected chi connectivity index (χ2v) is 6.59. The van der Waals surface area contributed by atoms with Crippen molar-refractivity contribution < 1.29 is 23.8 Å². The predicted molar refractivity (Wildman–Crippen MR) is 103 cm³/mol. The molecule has 11 heteroatoms. The zero-order chi connectivity index (χ0) is 20.8. The number of nitrogens with one attached hydrogen (secondary N) is 1. The van der Waals surface area contributed by atoms with Crippen LogP contribution in [-0.4, -0.2) is 33.5 Å². The Balaban J connectivity index is 1.50. The van der Waals surface area contributed by atoms with Crippen LogP contribution in [0.3, 0.4) is 0 Å². The van der Waals surface area contributed by atoms with Crippen LogP contribution in [0, 0.1) is 10.1 Å². The van der Waals surface area contributed by atoms with Crippen molar-refractivity contribution in [3.8, 4) is 11.4 Å². The van der Waals surface area contributed by atoms with Crippen LogP contribution in [0.25, 0.3) is 11.4 Å². The Kier molecular flexibility index (Phi) is 6.29. The molecule has 3 aromatic rings. The molecule has 10 nitrogen and oxygen atoms in total. The number of carbonyl (C=O) groups excluding carboxylic acids is 2. The lowest BCUT2D eigenvalue weighted by Crippen LogP contribution is -2.30. The molecule has 0 bridgehead atoms. The summed E-state index contributed by atoms with van der Waals surface area (Å²) >= 11 is 3.35. The smallest absolute Gasteiger partial charge is 0.325 e. The van der Waals surface area contributed by atoms with Crippen molar-refractivity contribution in [1.29, 1.82) is 0 Å². The molecule has 0 saturated carbocycles. The quantitative estimate of drug-likeness (QED) is 0.322. The van der Waals surface area contributed by atoms with Gasteiger partial charge in [0.25, 0.3) is 17.5 Å². The van der Waals surface area contributed by atoms with Gasteiger partial charge in [0.2, 0.25) is 5.82 Å². The van der Waals surface area contributed by atoms with Crippen molar-refractivity contribution in [1.82, 2.24) is 15.5 Å². The van der Waals surface area contributed by atoms with Crippen LogP contribution in [0.2, 0.25) is 0 Å². The molecule has 148 valence electrons. The Morgan fingerprint density at radius 3 is 2.76 bits per heavy atom. The summed E-state index contributed by atoms with van der Waals surface area (Å²) in [5, 5.41) is 16.9. The van der Waals surface area contributed by atoms with Gasteiger partial charge in [-0.3, -0.25) is 19.7 Å². The number of nitro groups is 1. The third kappa shape index (κ3) is 5.45. The highest BCUT2D eigenvalue weighted by atomic mass is 79.9. The average molecular weight is 461 g/mol. The average Bonchev–Trinajstić information content (AvgIpc) is 3.19. The van der Waals surface area contributed by atoms with Gasteiger partial charge in [-0.05, 0) is 18.2 Å². The van der Waals surface area contributed by atoms with Crippen LogP contribution < -0.4 is 5.32 Å². The molecule has 3 rings (SSSR count). The summed E-state index contributed by atoms with van der Waals surface area (Å²) in [6, 6.07) is 12.4. The SMILES string of the molecule is O=C(CNC(=O)c1cccc([N+](=O)[O-])c1)OCc1nc(-c2cccc(Br)c2)no1. The molecule has 0 aliphatic heterocycles. The van der Waals surface area contributed by atoms with Crippen LogP contribution in [0.5, 0.6) is 0 Å². The second kappa shape index (κ2) is 9.06. The molecule has 1 N–H and O–H groups in total. The third-order valence-corrected chi connectivity index (χ3v) is 4.11. The van der Waals surface area contributed by atoms with Gasteiger partial charge in [0.05, 0.1) is 4.92 Å². The van der Waals surface area contributed by atoms with Gasteiger partial charge in [-0.2, -0.15) is 4.98 Å². The van der Waals surface area contributed by atoms with Gasteiger partial charge in [-0.25, -0.2) is 0 Å². The van der Waals surface area contributed by atoms with E-state index in [0.29, 0.717) is 5.82 Å². The van der Waals surface area contributed by atoms with Gasteiger partial charge >= 0.3 is 5.97 Å². The number of aromatic nitrogens is 2. The maximum atomic E-state index is 12.0. The minimum Gasteiger partial charge on any atom is -0.454 e. The lowest BCUT2D eigenvalue weighted by atomic mass is 10.2. The van der Waals surface area contributed by atoms with Crippen LogP contribution in [0.15, 0.2) is 57.5 Å². The fourth-order valence-corrected chi connectivity index (χ4v) is 2.67. The maximum Gasteiger partial charge on any atom is 0.325 e. The fraction of sp³-hybridized carbons (Fsp3) is 0.111. The largest absolute Gasteiger partial charge is 0.454 e. The van der Waals surface area contributed by atoms with Crippen molar-refractivity contribution in [2.45, 2.75) is 6.61 Å². The zero-order valence-electron chi connectivity index (χ0n) is 14.7. The predicted octanol–water partition coefficient (Wildman–Crippen LogP) is 2.88. The minimum absolute atomic E-state index is 0.0579. The first kappa shape index (κ1) is 20.1. The van der Waals surface area contributed by atoms with Gasteiger partial charge in [-0.15, -0.1) is 0 Å². The van der Waals surface area contributed by atoms with E-state index in [9.17, 15) is 19.7 Å². The number of nitro benzene ring substituents is 1. The van der Waals surface area contributed by atoms with Gasteiger partial charge in [0.1, 0.15) is 6.54 Å². The summed E-state index contributed by atoms with van der Waals surface area (Å²) < 4.78 is 10.9. The van der Waals surface area contributed by atoms with Crippen LogP contribution in [0.1, 0.15) is 16.2 Å². The Labute approximate surface area is 172 Å². The van der Waals surface area contributed by atoms with Crippen LogP contribution in [0.4, 0.5) is 5.69 Å². The van der Waals surface area contributed by atoms with E-state index in [0.717, 1.165) is 16.1 Å². The number of hydrogen-bond donors (Lipinski definition) is 1. The molecule has 1 heterocycles. The monoisotopic (exact) mass is 460 g/mol. The number of hydrogen-bond acceptors (Lipinski definition) is 8. The van der Waals surface area contributed by atoms with Crippen LogP contribution in [-0.2, 0) is 16.1 Å². The molecule has 0 saturated heterocycles. The minimum atomic E-state index is -0.731. The van der Waals surface area contributed by atoms with E-state index >= 15 is 0 Å². The highest BCUT2D eigenvalue weighted by molar-refractivity contribution is 9.10. The Morgan fingerprint density at radius 1 is 1.21 bits per heavy atom. The molecule has 0 fully saturated rings. The van der Waals surface area contributed by atoms with E-state index in [1.807, 2.05) is 18.2 Å². The number of carbonyl (C=O) groups is 2. The summed E-state index contributed by atoms with van der Waals surface area (Å²) in [6.07, 6.45) is 0. The van der Waals surface area contributed by atoms with E-state index in [1.54, 1.807) is 6.07 Å². The van der Waals surface area contributed by atoms with Gasteiger partial charge in [0, 0.05) is 27.7 Å². The number of esters is 1. The molecule has 2 aromatic carbocycles. The van der Waals surface area contributed by atoms with Crippen molar-refractivity contribution in [2.75, 3.05) is 6.54 Å². The molecular weight excluding hydrogens is 448 g/mol. The fourth-order valence-electron chi connectivity index (χ4n) is 2.27. The first-order chi connectivity index (χ1) is 13.9. The number of non-ortho nitro benzene ring substituents is 1. The van der Waals surface area contributed by atoms with Crippen molar-refractivity contribution in [3.63, 3.8) is 0 Å². The zero-order valence-corrected chi connectivity index (χ0v) is 16.3. The van der Waals surface area contributed by atoms with E-state index in [4.69, 9.17) is 9.26 Å². The number of benzene rings is 2. The first-order valence-electron chi connectivity index (χ1n) is 8.19. The summed E-state index contributed by atoms with van der Waals surface area (Å²) in [4.78, 5) is 38.1. The third-order valence-electron chi connectivity index (χ3n) is 3.62. The molecule has 0 aliphatic carbocycles. The molecule has 1 amide bonds. The molecule has 0 aliphatic rings. The van der Waals surface area contributed by atoms with E-state index in [-0.39, 0.29) is 23.7 Å². The molecule has 29 heavy (non-hydrogen) atoms. The number of halogens is 1. The van der Waals surface area contributed by atoms with Gasteiger partial charge in [0.15, 0.2) is 6.61 Å².